The van der Waals surface area contributed by atoms with Gasteiger partial charge in [-0.2, -0.15) is 0 Å². The zero-order chi connectivity index (χ0) is 18.8. The van der Waals surface area contributed by atoms with Crippen molar-refractivity contribution in [2.45, 2.75) is 25.8 Å². The molecule has 0 spiro atoms. The normalized spacial score (nSPS) is 15.8. The highest BCUT2D eigenvalue weighted by Gasteiger charge is 2.34. The van der Waals surface area contributed by atoms with Gasteiger partial charge in [-0.25, -0.2) is 0 Å². The van der Waals surface area contributed by atoms with Crippen molar-refractivity contribution in [3.8, 4) is 5.75 Å². The number of benzene rings is 2. The minimum Gasteiger partial charge on any atom is -0.484 e. The Morgan fingerprint density at radius 2 is 1.89 bits per heavy atom. The molecule has 27 heavy (non-hydrogen) atoms. The first-order valence-corrected chi connectivity index (χ1v) is 9.55. The lowest BCUT2D eigenvalue weighted by atomic mass is 9.98. The first-order chi connectivity index (χ1) is 13.1. The number of carbonyl (C=O) groups excluding carboxylic acids is 2. The Labute approximate surface area is 163 Å². The van der Waals surface area contributed by atoms with Gasteiger partial charge < -0.3 is 15.0 Å². The van der Waals surface area contributed by atoms with E-state index in [0.29, 0.717) is 17.3 Å². The van der Waals surface area contributed by atoms with Crippen LogP contribution in [0.3, 0.4) is 0 Å². The van der Waals surface area contributed by atoms with E-state index in [2.05, 4.69) is 5.32 Å². The maximum atomic E-state index is 12.3. The number of carbonyl (C=O) groups is 2. The molecular weight excluding hydrogens is 364 g/mol. The van der Waals surface area contributed by atoms with Crippen molar-refractivity contribution in [2.24, 2.45) is 5.92 Å². The molecule has 0 aromatic heterocycles. The van der Waals surface area contributed by atoms with Crippen LogP contribution in [0.5, 0.6) is 5.75 Å². The van der Waals surface area contributed by atoms with E-state index in [1.165, 1.54) is 5.56 Å². The summed E-state index contributed by atoms with van der Waals surface area (Å²) in [6, 6.07) is 12.8. The van der Waals surface area contributed by atoms with Gasteiger partial charge in [-0.1, -0.05) is 17.7 Å². The molecule has 1 aliphatic heterocycles. The SMILES string of the molecule is O=C(COc1ccc(Cl)cc1)Nc1ccc2c(c1)CN(C(=O)C1CC1)CC2. The molecule has 0 atom stereocenters. The van der Waals surface area contributed by atoms with Gasteiger partial charge in [-0.05, 0) is 66.8 Å². The van der Waals surface area contributed by atoms with E-state index in [1.807, 2.05) is 23.1 Å². The molecule has 4 rings (SSSR count). The van der Waals surface area contributed by atoms with Gasteiger partial charge in [0.2, 0.25) is 5.91 Å². The molecule has 2 aromatic carbocycles. The number of hydrogen-bond acceptors (Lipinski definition) is 3. The molecule has 6 heteroatoms. The number of halogens is 1. The lowest BCUT2D eigenvalue weighted by Gasteiger charge is -2.29. The highest BCUT2D eigenvalue weighted by Crippen LogP contribution is 2.33. The van der Waals surface area contributed by atoms with E-state index < -0.39 is 0 Å². The van der Waals surface area contributed by atoms with Crippen LogP contribution in [0.2, 0.25) is 5.02 Å². The van der Waals surface area contributed by atoms with Gasteiger partial charge in [0.05, 0.1) is 0 Å². The molecule has 0 bridgehead atoms. The largest absolute Gasteiger partial charge is 0.484 e. The summed E-state index contributed by atoms with van der Waals surface area (Å²) in [6.45, 7) is 1.32. The third-order valence-electron chi connectivity index (χ3n) is 4.92. The highest BCUT2D eigenvalue weighted by molar-refractivity contribution is 6.30. The van der Waals surface area contributed by atoms with Crippen molar-refractivity contribution in [1.82, 2.24) is 4.90 Å². The number of nitrogens with one attached hydrogen (secondary N) is 1. The molecule has 0 saturated heterocycles. The van der Waals surface area contributed by atoms with Crippen LogP contribution in [-0.2, 0) is 22.6 Å². The van der Waals surface area contributed by atoms with Crippen molar-refractivity contribution < 1.29 is 14.3 Å². The molecule has 5 nitrogen and oxygen atoms in total. The number of anilines is 1. The van der Waals surface area contributed by atoms with E-state index >= 15 is 0 Å². The van der Waals surface area contributed by atoms with Gasteiger partial charge in [0.25, 0.3) is 5.91 Å². The second-order valence-electron chi connectivity index (χ2n) is 7.06. The van der Waals surface area contributed by atoms with Crippen molar-refractivity contribution in [2.75, 3.05) is 18.5 Å². The van der Waals surface area contributed by atoms with Crippen LogP contribution in [0, 0.1) is 5.92 Å². The summed E-state index contributed by atoms with van der Waals surface area (Å²) >= 11 is 5.83. The average Bonchev–Trinajstić information content (AvgIpc) is 3.52. The van der Waals surface area contributed by atoms with Gasteiger partial charge in [0.1, 0.15) is 5.75 Å². The topological polar surface area (TPSA) is 58.6 Å². The predicted molar refractivity (Wildman–Crippen MR) is 104 cm³/mol. The minimum absolute atomic E-state index is 0.0784. The van der Waals surface area contributed by atoms with Crippen LogP contribution >= 0.6 is 11.6 Å². The van der Waals surface area contributed by atoms with Gasteiger partial charge in [-0.3, -0.25) is 9.59 Å². The molecule has 0 radical (unpaired) electrons. The minimum atomic E-state index is -0.230. The zero-order valence-corrected chi connectivity index (χ0v) is 15.7. The zero-order valence-electron chi connectivity index (χ0n) is 14.9. The molecule has 1 fully saturated rings. The fourth-order valence-corrected chi connectivity index (χ4v) is 3.41. The Morgan fingerprint density at radius 1 is 1.11 bits per heavy atom. The van der Waals surface area contributed by atoms with Crippen LogP contribution in [0.4, 0.5) is 5.69 Å². The number of fused-ring (bicyclic) bond motifs is 1. The molecule has 2 aliphatic rings. The number of nitrogens with zero attached hydrogens (tertiary/aromatic N) is 1. The molecule has 1 aliphatic carbocycles. The highest BCUT2D eigenvalue weighted by atomic mass is 35.5. The van der Waals surface area contributed by atoms with E-state index in [0.717, 1.165) is 37.1 Å². The number of ether oxygens (including phenoxy) is 1. The summed E-state index contributed by atoms with van der Waals surface area (Å²) < 4.78 is 5.47. The Hall–Kier alpha value is -2.53. The second-order valence-corrected chi connectivity index (χ2v) is 7.49. The Kier molecular flexibility index (Phi) is 5.03. The first-order valence-electron chi connectivity index (χ1n) is 9.17. The van der Waals surface area contributed by atoms with Gasteiger partial charge >= 0.3 is 0 Å². The fourth-order valence-electron chi connectivity index (χ4n) is 3.29. The number of rotatable bonds is 5. The summed E-state index contributed by atoms with van der Waals surface area (Å²) in [7, 11) is 0. The standard InChI is InChI=1S/C21H21ClN2O3/c22-17-4-7-19(8-5-17)27-13-20(25)23-18-6-3-14-9-10-24(12-16(14)11-18)21(26)15-1-2-15/h3-8,11,15H,1-2,9-10,12-13H2,(H,23,25). The molecule has 1 saturated carbocycles. The van der Waals surface area contributed by atoms with Gasteiger partial charge in [0, 0.05) is 29.7 Å². The molecule has 140 valence electrons. The van der Waals surface area contributed by atoms with E-state index in [9.17, 15) is 9.59 Å². The maximum absolute atomic E-state index is 12.3. The van der Waals surface area contributed by atoms with Crippen molar-refractivity contribution in [3.05, 3.63) is 58.6 Å². The Balaban J connectivity index is 1.35. The van der Waals surface area contributed by atoms with E-state index in [4.69, 9.17) is 16.3 Å². The van der Waals surface area contributed by atoms with Crippen molar-refractivity contribution in [1.29, 1.82) is 0 Å². The van der Waals surface area contributed by atoms with Gasteiger partial charge in [0.15, 0.2) is 6.61 Å². The quantitative estimate of drug-likeness (QED) is 0.856. The molecule has 2 amide bonds. The lowest BCUT2D eigenvalue weighted by Crippen LogP contribution is -2.36. The molecule has 1 N–H and O–H groups in total. The number of hydrogen-bond donors (Lipinski definition) is 1. The van der Waals surface area contributed by atoms with Crippen LogP contribution in [-0.4, -0.2) is 29.9 Å². The maximum Gasteiger partial charge on any atom is 0.262 e. The fraction of sp³-hybridized carbons (Fsp3) is 0.333. The summed E-state index contributed by atoms with van der Waals surface area (Å²) in [4.78, 5) is 26.4. The second kappa shape index (κ2) is 7.61. The summed E-state index contributed by atoms with van der Waals surface area (Å²) in [5, 5.41) is 3.48. The number of amides is 2. The Bertz CT molecular complexity index is 862. The molecule has 1 heterocycles. The third-order valence-corrected chi connectivity index (χ3v) is 5.18. The first kappa shape index (κ1) is 17.9. The lowest BCUT2D eigenvalue weighted by molar-refractivity contribution is -0.133. The van der Waals surface area contributed by atoms with E-state index in [-0.39, 0.29) is 24.3 Å². The van der Waals surface area contributed by atoms with Crippen molar-refractivity contribution in [3.63, 3.8) is 0 Å². The van der Waals surface area contributed by atoms with Crippen LogP contribution in [0.15, 0.2) is 42.5 Å². The summed E-state index contributed by atoms with van der Waals surface area (Å²) in [5.74, 6) is 0.867. The average molecular weight is 385 g/mol. The van der Waals surface area contributed by atoms with Crippen LogP contribution in [0.25, 0.3) is 0 Å². The van der Waals surface area contributed by atoms with E-state index in [1.54, 1.807) is 24.3 Å². The molecule has 2 aromatic rings. The Morgan fingerprint density at radius 3 is 2.63 bits per heavy atom. The smallest absolute Gasteiger partial charge is 0.262 e. The predicted octanol–water partition coefficient (Wildman–Crippen LogP) is 3.65. The monoisotopic (exact) mass is 384 g/mol. The third kappa shape index (κ3) is 4.42. The molecular formula is C21H21ClN2O3. The van der Waals surface area contributed by atoms with Crippen LogP contribution < -0.4 is 10.1 Å². The van der Waals surface area contributed by atoms with Crippen LogP contribution in [0.1, 0.15) is 24.0 Å². The van der Waals surface area contributed by atoms with Gasteiger partial charge in [-0.15, -0.1) is 0 Å². The van der Waals surface area contributed by atoms with Crippen molar-refractivity contribution >= 4 is 29.1 Å². The summed E-state index contributed by atoms with van der Waals surface area (Å²) in [6.07, 6.45) is 2.90. The molecule has 0 unspecified atom stereocenters. The summed E-state index contributed by atoms with van der Waals surface area (Å²) in [5.41, 5.74) is 3.07.